The van der Waals surface area contributed by atoms with Gasteiger partial charge in [-0.1, -0.05) is 6.07 Å². The highest BCUT2D eigenvalue weighted by molar-refractivity contribution is 5.77. The molecule has 0 atom stereocenters. The minimum absolute atomic E-state index is 0.0752. The van der Waals surface area contributed by atoms with Crippen LogP contribution >= 0.6 is 0 Å². The van der Waals surface area contributed by atoms with Gasteiger partial charge in [-0.25, -0.2) is 4.52 Å². The third-order valence-corrected chi connectivity index (χ3v) is 5.99. The Hall–Kier alpha value is -4.60. The van der Waals surface area contributed by atoms with E-state index >= 15 is 0 Å². The van der Waals surface area contributed by atoms with E-state index in [1.807, 2.05) is 65.3 Å². The molecule has 2 aromatic carbocycles. The Balaban J connectivity index is 1.26. The summed E-state index contributed by atoms with van der Waals surface area (Å²) in [6.07, 6.45) is 4.47. The zero-order chi connectivity index (χ0) is 25.1. The number of fused-ring (bicyclic) bond motifs is 3. The third-order valence-electron chi connectivity index (χ3n) is 5.99. The van der Waals surface area contributed by atoms with Crippen LogP contribution in [0.1, 0.15) is 17.8 Å². The molecule has 0 saturated carbocycles. The van der Waals surface area contributed by atoms with Crippen molar-refractivity contribution in [2.75, 3.05) is 21.3 Å². The van der Waals surface area contributed by atoms with Gasteiger partial charge < -0.3 is 19.5 Å². The molecular formula is C26H26N6O4. The highest BCUT2D eigenvalue weighted by atomic mass is 16.5. The lowest BCUT2D eigenvalue weighted by Gasteiger charge is -2.10. The second-order valence-electron chi connectivity index (χ2n) is 8.16. The van der Waals surface area contributed by atoms with Crippen molar-refractivity contribution in [2.24, 2.45) is 0 Å². The number of rotatable bonds is 9. The largest absolute Gasteiger partial charge is 0.497 e. The summed E-state index contributed by atoms with van der Waals surface area (Å²) in [5, 5.41) is 16.3. The molecule has 3 aromatic heterocycles. The number of carbonyl (C=O) groups is 1. The molecular weight excluding hydrogens is 460 g/mol. The van der Waals surface area contributed by atoms with Gasteiger partial charge in [0.25, 0.3) is 0 Å². The first-order valence-electron chi connectivity index (χ1n) is 11.4. The second kappa shape index (κ2) is 9.95. The van der Waals surface area contributed by atoms with Gasteiger partial charge in [-0.2, -0.15) is 5.10 Å². The second-order valence-corrected chi connectivity index (χ2v) is 8.16. The predicted molar refractivity (Wildman–Crippen MR) is 133 cm³/mol. The number of nitrogens with zero attached hydrogens (tertiary/aromatic N) is 5. The predicted octanol–water partition coefficient (Wildman–Crippen LogP) is 3.32. The number of nitrogens with one attached hydrogen (secondary N) is 1. The Morgan fingerprint density at radius 1 is 0.917 bits per heavy atom. The van der Waals surface area contributed by atoms with Crippen molar-refractivity contribution in [3.63, 3.8) is 0 Å². The quantitative estimate of drug-likeness (QED) is 0.341. The Kier molecular flexibility index (Phi) is 6.40. The van der Waals surface area contributed by atoms with E-state index in [0.717, 1.165) is 28.1 Å². The number of aromatic nitrogens is 5. The lowest BCUT2D eigenvalue weighted by atomic mass is 10.1. The van der Waals surface area contributed by atoms with E-state index in [-0.39, 0.29) is 12.3 Å². The van der Waals surface area contributed by atoms with Crippen LogP contribution in [-0.2, 0) is 17.8 Å². The number of hydrogen-bond donors (Lipinski definition) is 1. The van der Waals surface area contributed by atoms with E-state index < -0.39 is 0 Å². The molecule has 0 aliphatic heterocycles. The molecule has 0 saturated heterocycles. The molecule has 184 valence electrons. The number of ether oxygens (including phenoxy) is 3. The van der Waals surface area contributed by atoms with E-state index in [0.29, 0.717) is 35.9 Å². The van der Waals surface area contributed by atoms with Gasteiger partial charge in [-0.15, -0.1) is 10.2 Å². The van der Waals surface area contributed by atoms with Crippen molar-refractivity contribution >= 4 is 17.1 Å². The number of amides is 1. The summed E-state index contributed by atoms with van der Waals surface area (Å²) in [4.78, 5) is 12.5. The van der Waals surface area contributed by atoms with Crippen molar-refractivity contribution in [2.45, 2.75) is 19.4 Å². The first-order valence-corrected chi connectivity index (χ1v) is 11.4. The van der Waals surface area contributed by atoms with Gasteiger partial charge >= 0.3 is 0 Å². The van der Waals surface area contributed by atoms with Gasteiger partial charge in [0.05, 0.1) is 27.0 Å². The first kappa shape index (κ1) is 23.2. The van der Waals surface area contributed by atoms with Crippen LogP contribution in [0.25, 0.3) is 22.4 Å². The summed E-state index contributed by atoms with van der Waals surface area (Å²) in [7, 11) is 4.81. The normalized spacial score (nSPS) is 11.1. The van der Waals surface area contributed by atoms with Crippen LogP contribution in [0.3, 0.4) is 0 Å². The van der Waals surface area contributed by atoms with Crippen LogP contribution in [0.15, 0.2) is 60.9 Å². The summed E-state index contributed by atoms with van der Waals surface area (Å²) in [6.45, 7) is 0.393. The van der Waals surface area contributed by atoms with E-state index in [4.69, 9.17) is 14.2 Å². The van der Waals surface area contributed by atoms with Crippen LogP contribution < -0.4 is 19.5 Å². The molecule has 0 spiro atoms. The van der Waals surface area contributed by atoms with E-state index in [1.54, 1.807) is 25.8 Å². The fourth-order valence-corrected chi connectivity index (χ4v) is 4.04. The van der Waals surface area contributed by atoms with Crippen molar-refractivity contribution in [3.8, 4) is 28.5 Å². The Morgan fingerprint density at radius 3 is 2.47 bits per heavy atom. The van der Waals surface area contributed by atoms with Crippen molar-refractivity contribution in [3.05, 3.63) is 72.3 Å². The SMILES string of the molecule is COc1ccc(-c2cc3c4nnc(CCC(=O)NCc5ccc(OC)c(OC)c5)n4ccn3n2)cc1. The minimum atomic E-state index is -0.0752. The summed E-state index contributed by atoms with van der Waals surface area (Å²) in [5.74, 6) is 2.70. The van der Waals surface area contributed by atoms with Crippen LogP contribution in [-0.4, -0.2) is 51.4 Å². The number of hydrogen-bond acceptors (Lipinski definition) is 7. The maximum absolute atomic E-state index is 12.5. The number of methoxy groups -OCH3 is 3. The smallest absolute Gasteiger partial charge is 0.220 e. The van der Waals surface area contributed by atoms with Crippen molar-refractivity contribution in [1.29, 1.82) is 0 Å². The molecule has 10 heteroatoms. The number of carbonyl (C=O) groups excluding carboxylic acids is 1. The van der Waals surface area contributed by atoms with Gasteiger partial charge in [-0.3, -0.25) is 9.20 Å². The zero-order valence-electron chi connectivity index (χ0n) is 20.3. The fourth-order valence-electron chi connectivity index (χ4n) is 4.04. The van der Waals surface area contributed by atoms with E-state index in [1.165, 1.54) is 0 Å². The Labute approximate surface area is 207 Å². The average molecular weight is 487 g/mol. The molecule has 36 heavy (non-hydrogen) atoms. The van der Waals surface area contributed by atoms with E-state index in [9.17, 15) is 4.79 Å². The number of benzene rings is 2. The lowest BCUT2D eigenvalue weighted by molar-refractivity contribution is -0.121. The highest BCUT2D eigenvalue weighted by Gasteiger charge is 2.14. The van der Waals surface area contributed by atoms with Gasteiger partial charge in [-0.05, 0) is 48.0 Å². The third kappa shape index (κ3) is 4.52. The molecule has 0 aliphatic carbocycles. The van der Waals surface area contributed by atoms with Crippen LogP contribution in [0.4, 0.5) is 0 Å². The molecule has 0 aliphatic rings. The van der Waals surface area contributed by atoms with Gasteiger partial charge in [0.2, 0.25) is 5.91 Å². The van der Waals surface area contributed by atoms with Crippen LogP contribution in [0, 0.1) is 0 Å². The van der Waals surface area contributed by atoms with Crippen LogP contribution in [0.5, 0.6) is 17.2 Å². The molecule has 0 radical (unpaired) electrons. The molecule has 3 heterocycles. The molecule has 10 nitrogen and oxygen atoms in total. The maximum Gasteiger partial charge on any atom is 0.220 e. The number of aryl methyl sites for hydroxylation is 1. The topological polar surface area (TPSA) is 104 Å². The fraction of sp³-hybridized carbons (Fsp3) is 0.231. The molecule has 0 bridgehead atoms. The molecule has 0 unspecified atom stereocenters. The van der Waals surface area contributed by atoms with Crippen LogP contribution in [0.2, 0.25) is 0 Å². The van der Waals surface area contributed by atoms with Gasteiger partial charge in [0, 0.05) is 37.3 Å². The standard InChI is InChI=1S/C26H26N6O4/c1-34-19-7-5-18(6-8-19)20-15-21-26-29-28-24(31(26)12-13-32(21)30-20)10-11-25(33)27-16-17-4-9-22(35-2)23(14-17)36-3/h4-9,12-15H,10-11,16H2,1-3H3,(H,27,33). The Bertz CT molecular complexity index is 1520. The summed E-state index contributed by atoms with van der Waals surface area (Å²) in [6, 6.07) is 15.3. The minimum Gasteiger partial charge on any atom is -0.497 e. The molecule has 1 amide bonds. The van der Waals surface area contributed by atoms with Gasteiger partial charge in [0.15, 0.2) is 17.1 Å². The first-order chi connectivity index (χ1) is 17.6. The highest BCUT2D eigenvalue weighted by Crippen LogP contribution is 2.27. The van der Waals surface area contributed by atoms with Crippen molar-refractivity contribution in [1.82, 2.24) is 29.5 Å². The Morgan fingerprint density at radius 2 is 1.72 bits per heavy atom. The summed E-state index contributed by atoms with van der Waals surface area (Å²) in [5.41, 5.74) is 4.24. The summed E-state index contributed by atoms with van der Waals surface area (Å²) < 4.78 is 19.5. The lowest BCUT2D eigenvalue weighted by Crippen LogP contribution is -2.23. The monoisotopic (exact) mass is 486 g/mol. The maximum atomic E-state index is 12.5. The zero-order valence-corrected chi connectivity index (χ0v) is 20.3. The molecule has 0 fully saturated rings. The molecule has 5 rings (SSSR count). The molecule has 5 aromatic rings. The van der Waals surface area contributed by atoms with E-state index in [2.05, 4.69) is 20.6 Å². The van der Waals surface area contributed by atoms with Gasteiger partial charge in [0.1, 0.15) is 17.1 Å². The molecule has 1 N–H and O–H groups in total. The van der Waals surface area contributed by atoms with Crippen molar-refractivity contribution < 1.29 is 19.0 Å². The average Bonchev–Trinajstić information content (AvgIpc) is 3.54. The summed E-state index contributed by atoms with van der Waals surface area (Å²) >= 11 is 0.